The highest BCUT2D eigenvalue weighted by atomic mass is 32.2. The van der Waals surface area contributed by atoms with Gasteiger partial charge in [0.05, 0.1) is 0 Å². The lowest BCUT2D eigenvalue weighted by Gasteiger charge is -2.32. The van der Waals surface area contributed by atoms with Gasteiger partial charge in [-0.05, 0) is 18.2 Å². The van der Waals surface area contributed by atoms with Gasteiger partial charge in [-0.3, -0.25) is 4.79 Å². The van der Waals surface area contributed by atoms with Gasteiger partial charge < -0.3 is 10.4 Å². The first-order valence-electron chi connectivity index (χ1n) is 5.74. The molecule has 0 radical (unpaired) electrons. The summed E-state index contributed by atoms with van der Waals surface area (Å²) >= 11 is 0. The fourth-order valence-corrected chi connectivity index (χ4v) is 3.65. The van der Waals surface area contributed by atoms with Crippen LogP contribution in [0.3, 0.4) is 0 Å². The molecule has 20 heavy (non-hydrogen) atoms. The number of hydrogen-bond acceptors (Lipinski definition) is 4. The maximum absolute atomic E-state index is 13.6. The van der Waals surface area contributed by atoms with Crippen LogP contribution in [0.4, 0.5) is 8.78 Å². The lowest BCUT2D eigenvalue weighted by atomic mass is 10.2. The van der Waals surface area contributed by atoms with Crippen LogP contribution >= 0.6 is 0 Å². The molecule has 0 spiro atoms. The minimum atomic E-state index is -4.41. The van der Waals surface area contributed by atoms with Crippen LogP contribution in [0.2, 0.25) is 0 Å². The van der Waals surface area contributed by atoms with E-state index in [9.17, 15) is 22.0 Å². The zero-order valence-corrected chi connectivity index (χ0v) is 11.0. The molecule has 6 nitrogen and oxygen atoms in total. The lowest BCUT2D eigenvalue weighted by molar-refractivity contribution is -0.141. The molecule has 2 rings (SSSR count). The third-order valence-electron chi connectivity index (χ3n) is 2.96. The number of carbonyl (C=O) groups is 1. The van der Waals surface area contributed by atoms with Gasteiger partial charge in [0, 0.05) is 19.6 Å². The van der Waals surface area contributed by atoms with E-state index in [4.69, 9.17) is 5.11 Å². The number of aliphatic carboxylic acids is 1. The number of sulfonamides is 1. The number of nitrogens with zero attached hydrogens (tertiary/aromatic N) is 1. The van der Waals surface area contributed by atoms with E-state index >= 15 is 0 Å². The Bertz CT molecular complexity index is 635. The third-order valence-corrected chi connectivity index (χ3v) is 4.88. The Hall–Kier alpha value is -1.58. The summed E-state index contributed by atoms with van der Waals surface area (Å²) in [6, 6.07) is 0.684. The number of piperazine rings is 1. The van der Waals surface area contributed by atoms with Gasteiger partial charge in [-0.15, -0.1) is 0 Å². The number of nitrogens with one attached hydrogen (secondary N) is 1. The van der Waals surface area contributed by atoms with Crippen molar-refractivity contribution in [3.05, 3.63) is 29.8 Å². The van der Waals surface area contributed by atoms with Crippen LogP contribution < -0.4 is 5.32 Å². The summed E-state index contributed by atoms with van der Waals surface area (Å²) in [5, 5.41) is 11.8. The molecule has 0 saturated carbocycles. The van der Waals surface area contributed by atoms with Gasteiger partial charge >= 0.3 is 5.97 Å². The van der Waals surface area contributed by atoms with Crippen molar-refractivity contribution >= 4 is 16.0 Å². The molecule has 1 saturated heterocycles. The Balaban J connectivity index is 2.47. The Morgan fingerprint density at radius 3 is 2.75 bits per heavy atom. The molecule has 110 valence electrons. The molecular formula is C11H12F2N2O4S. The van der Waals surface area contributed by atoms with Crippen molar-refractivity contribution in [1.82, 2.24) is 9.62 Å². The zero-order chi connectivity index (χ0) is 14.9. The molecule has 1 atom stereocenters. The van der Waals surface area contributed by atoms with E-state index in [2.05, 4.69) is 5.32 Å². The quantitative estimate of drug-likeness (QED) is 0.821. The van der Waals surface area contributed by atoms with Crippen LogP contribution in [0.15, 0.2) is 23.1 Å². The van der Waals surface area contributed by atoms with E-state index in [0.717, 1.165) is 6.07 Å². The van der Waals surface area contributed by atoms with Gasteiger partial charge in [-0.25, -0.2) is 17.2 Å². The van der Waals surface area contributed by atoms with Crippen LogP contribution in [0.5, 0.6) is 0 Å². The smallest absolute Gasteiger partial charge is 0.323 e. The van der Waals surface area contributed by atoms with Gasteiger partial charge in [0.2, 0.25) is 10.0 Å². The van der Waals surface area contributed by atoms with Gasteiger partial charge in [0.25, 0.3) is 0 Å². The minimum absolute atomic E-state index is 0.0918. The summed E-state index contributed by atoms with van der Waals surface area (Å²) in [5.74, 6) is -3.38. The molecular weight excluding hydrogens is 294 g/mol. The summed E-state index contributed by atoms with van der Waals surface area (Å²) < 4.78 is 52.0. The van der Waals surface area contributed by atoms with E-state index in [0.29, 0.717) is 16.4 Å². The lowest BCUT2D eigenvalue weighted by Crippen LogP contribution is -2.56. The molecule has 1 fully saturated rings. The molecule has 0 amide bonds. The van der Waals surface area contributed by atoms with Crippen molar-refractivity contribution < 1.29 is 27.1 Å². The van der Waals surface area contributed by atoms with Crippen LogP contribution in [0.25, 0.3) is 0 Å². The molecule has 0 aromatic heterocycles. The zero-order valence-electron chi connectivity index (χ0n) is 10.2. The number of carboxylic acid groups (broad SMARTS) is 1. The maximum atomic E-state index is 13.6. The van der Waals surface area contributed by atoms with E-state index < -0.39 is 38.6 Å². The van der Waals surface area contributed by atoms with Crippen LogP contribution in [-0.2, 0) is 14.8 Å². The van der Waals surface area contributed by atoms with Crippen molar-refractivity contribution in [3.8, 4) is 0 Å². The average molecular weight is 306 g/mol. The van der Waals surface area contributed by atoms with Crippen LogP contribution in [0.1, 0.15) is 0 Å². The average Bonchev–Trinajstić information content (AvgIpc) is 2.41. The monoisotopic (exact) mass is 306 g/mol. The van der Waals surface area contributed by atoms with Crippen LogP contribution in [-0.4, -0.2) is 49.5 Å². The SMILES string of the molecule is O=C(O)C1CNCCN1S(=O)(=O)c1cc(F)ccc1F. The highest BCUT2D eigenvalue weighted by molar-refractivity contribution is 7.89. The van der Waals surface area contributed by atoms with E-state index in [1.165, 1.54) is 0 Å². The van der Waals surface area contributed by atoms with Gasteiger partial charge in [0.1, 0.15) is 22.6 Å². The number of carboxylic acids is 1. The first kappa shape index (κ1) is 14.8. The fourth-order valence-electron chi connectivity index (χ4n) is 1.99. The Morgan fingerprint density at radius 2 is 2.10 bits per heavy atom. The summed E-state index contributed by atoms with van der Waals surface area (Å²) in [7, 11) is -4.41. The van der Waals surface area contributed by atoms with Gasteiger partial charge in [-0.2, -0.15) is 4.31 Å². The molecule has 1 aliphatic heterocycles. The number of benzene rings is 1. The summed E-state index contributed by atoms with van der Waals surface area (Å²) in [4.78, 5) is 10.2. The topological polar surface area (TPSA) is 86.7 Å². The van der Waals surface area contributed by atoms with Crippen molar-refractivity contribution in [1.29, 1.82) is 0 Å². The largest absolute Gasteiger partial charge is 0.480 e. The van der Waals surface area contributed by atoms with Crippen molar-refractivity contribution in [3.63, 3.8) is 0 Å². The van der Waals surface area contributed by atoms with E-state index in [1.807, 2.05) is 0 Å². The molecule has 9 heteroatoms. The summed E-state index contributed by atoms with van der Waals surface area (Å²) in [5.41, 5.74) is 0. The van der Waals surface area contributed by atoms with E-state index in [1.54, 1.807) is 0 Å². The Kier molecular flexibility index (Phi) is 4.02. The van der Waals surface area contributed by atoms with Gasteiger partial charge in [-0.1, -0.05) is 0 Å². The normalized spacial score (nSPS) is 20.8. The van der Waals surface area contributed by atoms with E-state index in [-0.39, 0.29) is 19.6 Å². The fraction of sp³-hybridized carbons (Fsp3) is 0.364. The molecule has 1 aromatic rings. The van der Waals surface area contributed by atoms with Crippen molar-refractivity contribution in [2.24, 2.45) is 0 Å². The first-order chi connectivity index (χ1) is 9.34. The third kappa shape index (κ3) is 2.65. The molecule has 0 bridgehead atoms. The maximum Gasteiger partial charge on any atom is 0.323 e. The highest BCUT2D eigenvalue weighted by Gasteiger charge is 2.39. The Labute approximate surface area is 114 Å². The minimum Gasteiger partial charge on any atom is -0.480 e. The molecule has 1 aromatic carbocycles. The molecule has 0 aliphatic carbocycles. The molecule has 1 aliphatic rings. The summed E-state index contributed by atoms with van der Waals surface area (Å²) in [6.45, 7) is 0.0146. The second-order valence-corrected chi connectivity index (χ2v) is 6.11. The van der Waals surface area contributed by atoms with Crippen LogP contribution in [0, 0.1) is 11.6 Å². The second-order valence-electron chi connectivity index (χ2n) is 4.25. The first-order valence-corrected chi connectivity index (χ1v) is 7.18. The summed E-state index contributed by atoms with van der Waals surface area (Å²) in [6.07, 6.45) is 0. The van der Waals surface area contributed by atoms with Crippen molar-refractivity contribution in [2.75, 3.05) is 19.6 Å². The second kappa shape index (κ2) is 5.43. The number of halogens is 2. The highest BCUT2D eigenvalue weighted by Crippen LogP contribution is 2.23. The van der Waals surface area contributed by atoms with Gasteiger partial charge in [0.15, 0.2) is 0 Å². The molecule has 2 N–H and O–H groups in total. The Morgan fingerprint density at radius 1 is 1.40 bits per heavy atom. The predicted octanol–water partition coefficient (Wildman–Crippen LogP) is 0.0119. The number of hydrogen-bond donors (Lipinski definition) is 2. The van der Waals surface area contributed by atoms with Crippen molar-refractivity contribution in [2.45, 2.75) is 10.9 Å². The molecule has 1 heterocycles. The molecule has 1 unspecified atom stereocenters. The predicted molar refractivity (Wildman–Crippen MR) is 64.5 cm³/mol. The standard InChI is InChI=1S/C11H12F2N2O4S/c12-7-1-2-8(13)10(5-7)20(18,19)15-4-3-14-6-9(15)11(16)17/h1-2,5,9,14H,3-4,6H2,(H,16,17). The number of rotatable bonds is 3.